The van der Waals surface area contributed by atoms with Gasteiger partial charge in [0.05, 0.1) is 5.69 Å². The SMILES string of the molecule is Cc1[nH]c2ccc(C(=O)N[C@@H]3CCN(c4ccccc4OC(F)F)C3)cc2c1C. The van der Waals surface area contributed by atoms with E-state index in [0.29, 0.717) is 24.3 Å². The summed E-state index contributed by atoms with van der Waals surface area (Å²) >= 11 is 0. The van der Waals surface area contributed by atoms with Crippen LogP contribution in [0, 0.1) is 13.8 Å². The first kappa shape index (κ1) is 19.2. The van der Waals surface area contributed by atoms with Crippen LogP contribution in [0.25, 0.3) is 10.9 Å². The minimum atomic E-state index is -2.87. The highest BCUT2D eigenvalue weighted by Gasteiger charge is 2.27. The summed E-state index contributed by atoms with van der Waals surface area (Å²) in [6.45, 7) is 2.37. The molecule has 0 unspecified atom stereocenters. The second-order valence-corrected chi connectivity index (χ2v) is 7.39. The van der Waals surface area contributed by atoms with Gasteiger partial charge in [0.2, 0.25) is 0 Å². The number of carbonyl (C=O) groups is 1. The molecule has 29 heavy (non-hydrogen) atoms. The molecule has 4 rings (SSSR count). The molecule has 1 aromatic heterocycles. The maximum absolute atomic E-state index is 12.8. The van der Waals surface area contributed by atoms with Gasteiger partial charge in [-0.05, 0) is 56.2 Å². The standard InChI is InChI=1S/C22H23F2N3O2/c1-13-14(2)25-18-8-7-15(11-17(13)18)21(28)26-16-9-10-27(12-16)19-5-3-4-6-20(19)29-22(23)24/h3-8,11,16,22,25H,9-10,12H2,1-2H3,(H,26,28)/t16-/m1/s1. The van der Waals surface area contributed by atoms with Crippen molar-refractivity contribution < 1.29 is 18.3 Å². The molecule has 7 heteroatoms. The Bertz CT molecular complexity index is 1050. The Labute approximate surface area is 167 Å². The number of ether oxygens (including phenoxy) is 1. The molecule has 5 nitrogen and oxygen atoms in total. The lowest BCUT2D eigenvalue weighted by molar-refractivity contribution is -0.0495. The maximum atomic E-state index is 12.8. The lowest BCUT2D eigenvalue weighted by atomic mass is 10.1. The van der Waals surface area contributed by atoms with E-state index in [1.54, 1.807) is 18.2 Å². The molecule has 0 saturated carbocycles. The summed E-state index contributed by atoms with van der Waals surface area (Å²) in [5.74, 6) is 0.0207. The number of aromatic amines is 1. The third-order valence-corrected chi connectivity index (χ3v) is 5.52. The molecule has 0 spiro atoms. The summed E-state index contributed by atoms with van der Waals surface area (Å²) in [6.07, 6.45) is 0.735. The van der Waals surface area contributed by atoms with Gasteiger partial charge in [-0.25, -0.2) is 0 Å². The lowest BCUT2D eigenvalue weighted by Crippen LogP contribution is -2.37. The summed E-state index contributed by atoms with van der Waals surface area (Å²) in [5, 5.41) is 4.11. The number of nitrogens with zero attached hydrogens (tertiary/aromatic N) is 1. The topological polar surface area (TPSA) is 57.4 Å². The third-order valence-electron chi connectivity index (χ3n) is 5.52. The molecule has 2 heterocycles. The van der Waals surface area contributed by atoms with Crippen molar-refractivity contribution in [1.29, 1.82) is 0 Å². The van der Waals surface area contributed by atoms with Crippen LogP contribution in [0.4, 0.5) is 14.5 Å². The predicted octanol–water partition coefficient (Wildman–Crippen LogP) is 4.39. The summed E-state index contributed by atoms with van der Waals surface area (Å²) in [6, 6.07) is 12.3. The fraction of sp³-hybridized carbons (Fsp3) is 0.318. The summed E-state index contributed by atoms with van der Waals surface area (Å²) in [5.41, 5.74) is 4.47. The normalized spacial score (nSPS) is 16.6. The van der Waals surface area contributed by atoms with Crippen LogP contribution < -0.4 is 15.0 Å². The van der Waals surface area contributed by atoms with E-state index in [0.717, 1.165) is 28.6 Å². The van der Waals surface area contributed by atoms with Gasteiger partial charge in [-0.1, -0.05) is 12.1 Å². The largest absolute Gasteiger partial charge is 0.433 e. The quantitative estimate of drug-likeness (QED) is 0.669. The summed E-state index contributed by atoms with van der Waals surface area (Å²) < 4.78 is 30.0. The molecular formula is C22H23F2N3O2. The Morgan fingerprint density at radius 2 is 2.03 bits per heavy atom. The number of carbonyl (C=O) groups excluding carboxylic acids is 1. The molecule has 0 aliphatic carbocycles. The van der Waals surface area contributed by atoms with Gasteiger partial charge in [-0.3, -0.25) is 4.79 Å². The molecular weight excluding hydrogens is 376 g/mol. The Kier molecular flexibility index (Phi) is 5.13. The second kappa shape index (κ2) is 7.73. The number of aromatic nitrogens is 1. The van der Waals surface area contributed by atoms with Gasteiger partial charge >= 0.3 is 6.61 Å². The number of amides is 1. The van der Waals surface area contributed by atoms with Crippen LogP contribution >= 0.6 is 0 Å². The maximum Gasteiger partial charge on any atom is 0.387 e. The zero-order valence-electron chi connectivity index (χ0n) is 16.3. The molecule has 2 aromatic carbocycles. The Morgan fingerprint density at radius 1 is 1.24 bits per heavy atom. The van der Waals surface area contributed by atoms with Gasteiger partial charge in [-0.2, -0.15) is 8.78 Å². The highest BCUT2D eigenvalue weighted by atomic mass is 19.3. The number of hydrogen-bond donors (Lipinski definition) is 2. The zero-order valence-corrected chi connectivity index (χ0v) is 16.3. The molecule has 1 saturated heterocycles. The number of para-hydroxylation sites is 2. The molecule has 1 aliphatic rings. The van der Waals surface area contributed by atoms with E-state index in [4.69, 9.17) is 0 Å². The van der Waals surface area contributed by atoms with Crippen molar-refractivity contribution in [3.8, 4) is 5.75 Å². The smallest absolute Gasteiger partial charge is 0.387 e. The average molecular weight is 399 g/mol. The van der Waals surface area contributed by atoms with Gasteiger partial charge in [0.1, 0.15) is 5.75 Å². The first-order valence-corrected chi connectivity index (χ1v) is 9.61. The number of halogens is 2. The first-order valence-electron chi connectivity index (χ1n) is 9.61. The van der Waals surface area contributed by atoms with Crippen LogP contribution in [0.1, 0.15) is 28.0 Å². The van der Waals surface area contributed by atoms with Crippen molar-refractivity contribution in [2.45, 2.75) is 32.9 Å². The van der Waals surface area contributed by atoms with E-state index >= 15 is 0 Å². The van der Waals surface area contributed by atoms with Crippen LogP contribution in [-0.4, -0.2) is 36.6 Å². The molecule has 0 bridgehead atoms. The summed E-state index contributed by atoms with van der Waals surface area (Å²) in [4.78, 5) is 18.0. The van der Waals surface area contributed by atoms with Crippen LogP contribution in [0.2, 0.25) is 0 Å². The highest BCUT2D eigenvalue weighted by molar-refractivity contribution is 5.99. The highest BCUT2D eigenvalue weighted by Crippen LogP contribution is 2.32. The Morgan fingerprint density at radius 3 is 2.83 bits per heavy atom. The number of rotatable bonds is 5. The van der Waals surface area contributed by atoms with E-state index in [9.17, 15) is 13.6 Å². The van der Waals surface area contributed by atoms with Gasteiger partial charge in [0.25, 0.3) is 5.91 Å². The minimum absolute atomic E-state index is 0.0631. The number of hydrogen-bond acceptors (Lipinski definition) is 3. The molecule has 1 aliphatic heterocycles. The number of nitrogens with one attached hydrogen (secondary N) is 2. The van der Waals surface area contributed by atoms with Crippen molar-refractivity contribution in [1.82, 2.24) is 10.3 Å². The van der Waals surface area contributed by atoms with Crippen LogP contribution in [0.3, 0.4) is 0 Å². The predicted molar refractivity (Wildman–Crippen MR) is 109 cm³/mol. The molecule has 1 atom stereocenters. The van der Waals surface area contributed by atoms with Crippen LogP contribution in [0.5, 0.6) is 5.75 Å². The van der Waals surface area contributed by atoms with Crippen LogP contribution in [0.15, 0.2) is 42.5 Å². The van der Waals surface area contributed by atoms with Gasteiger partial charge in [0, 0.05) is 41.3 Å². The van der Waals surface area contributed by atoms with E-state index in [1.807, 2.05) is 36.9 Å². The first-order chi connectivity index (χ1) is 13.9. The van der Waals surface area contributed by atoms with Gasteiger partial charge < -0.3 is 19.9 Å². The number of benzene rings is 2. The molecule has 1 fully saturated rings. The van der Waals surface area contributed by atoms with Gasteiger partial charge in [-0.15, -0.1) is 0 Å². The van der Waals surface area contributed by atoms with E-state index in [1.165, 1.54) is 6.07 Å². The van der Waals surface area contributed by atoms with Crippen molar-refractivity contribution >= 4 is 22.5 Å². The molecule has 1 amide bonds. The monoisotopic (exact) mass is 399 g/mol. The number of aryl methyl sites for hydroxylation is 2. The Hall–Kier alpha value is -3.09. The number of fused-ring (bicyclic) bond motifs is 1. The van der Waals surface area contributed by atoms with Crippen molar-refractivity contribution in [2.75, 3.05) is 18.0 Å². The molecule has 152 valence electrons. The Balaban J connectivity index is 1.45. The number of alkyl halides is 2. The molecule has 3 aromatic rings. The van der Waals surface area contributed by atoms with Crippen molar-refractivity contribution in [3.05, 3.63) is 59.3 Å². The van der Waals surface area contributed by atoms with E-state index < -0.39 is 6.61 Å². The van der Waals surface area contributed by atoms with Crippen molar-refractivity contribution in [2.24, 2.45) is 0 Å². The molecule has 2 N–H and O–H groups in total. The zero-order chi connectivity index (χ0) is 20.5. The fourth-order valence-corrected chi connectivity index (χ4v) is 3.88. The third kappa shape index (κ3) is 3.90. The lowest BCUT2D eigenvalue weighted by Gasteiger charge is -2.22. The average Bonchev–Trinajstić information content (AvgIpc) is 3.26. The fourth-order valence-electron chi connectivity index (χ4n) is 3.88. The number of anilines is 1. The molecule has 0 radical (unpaired) electrons. The number of H-pyrrole nitrogens is 1. The second-order valence-electron chi connectivity index (χ2n) is 7.39. The van der Waals surface area contributed by atoms with E-state index in [-0.39, 0.29) is 17.7 Å². The summed E-state index contributed by atoms with van der Waals surface area (Å²) in [7, 11) is 0. The van der Waals surface area contributed by atoms with E-state index in [2.05, 4.69) is 15.0 Å². The minimum Gasteiger partial charge on any atom is -0.433 e. The van der Waals surface area contributed by atoms with Crippen molar-refractivity contribution in [3.63, 3.8) is 0 Å². The van der Waals surface area contributed by atoms with Gasteiger partial charge in [0.15, 0.2) is 0 Å². The van der Waals surface area contributed by atoms with Crippen LogP contribution in [-0.2, 0) is 0 Å².